The van der Waals surface area contributed by atoms with Gasteiger partial charge in [0.1, 0.15) is 5.82 Å². The molecule has 0 unspecified atom stereocenters. The zero-order chi connectivity index (χ0) is 21.2. The molecule has 0 spiro atoms. The Kier molecular flexibility index (Phi) is 8.61. The summed E-state index contributed by atoms with van der Waals surface area (Å²) in [6.07, 6.45) is 0. The normalized spacial score (nSPS) is 11.3. The number of hydrogen-bond donors (Lipinski definition) is 2. The molecule has 0 radical (unpaired) electrons. The Morgan fingerprint density at radius 1 is 1.10 bits per heavy atom. The largest absolute Gasteiger partial charge is 0.380 e. The minimum Gasteiger partial charge on any atom is -0.380 e. The highest BCUT2D eigenvalue weighted by Gasteiger charge is 2.08. The van der Waals surface area contributed by atoms with Crippen molar-refractivity contribution in [1.29, 1.82) is 0 Å². The number of ether oxygens (including phenoxy) is 1. The summed E-state index contributed by atoms with van der Waals surface area (Å²) in [5.41, 5.74) is 3.12. The first-order chi connectivity index (χ1) is 13.9. The highest BCUT2D eigenvalue weighted by molar-refractivity contribution is 5.93. The van der Waals surface area contributed by atoms with Crippen molar-refractivity contribution in [2.75, 3.05) is 27.7 Å². The third-order valence-electron chi connectivity index (χ3n) is 4.24. The number of amides is 1. The van der Waals surface area contributed by atoms with Crippen molar-refractivity contribution < 1.29 is 13.9 Å². The molecule has 7 heteroatoms. The molecule has 2 rings (SSSR count). The van der Waals surface area contributed by atoms with Crippen LogP contribution in [0.4, 0.5) is 4.39 Å². The zero-order valence-corrected chi connectivity index (χ0v) is 17.5. The van der Waals surface area contributed by atoms with Crippen LogP contribution in [-0.4, -0.2) is 44.5 Å². The number of nitrogens with zero attached hydrogens (tertiary/aromatic N) is 2. The van der Waals surface area contributed by atoms with E-state index in [0.29, 0.717) is 30.2 Å². The van der Waals surface area contributed by atoms with Gasteiger partial charge >= 0.3 is 0 Å². The predicted octanol–water partition coefficient (Wildman–Crippen LogP) is 2.93. The number of guanidine groups is 1. The van der Waals surface area contributed by atoms with Gasteiger partial charge in [0.05, 0.1) is 13.2 Å². The van der Waals surface area contributed by atoms with Gasteiger partial charge in [-0.2, -0.15) is 0 Å². The van der Waals surface area contributed by atoms with Crippen molar-refractivity contribution in [2.24, 2.45) is 4.99 Å². The third-order valence-corrected chi connectivity index (χ3v) is 4.24. The third kappa shape index (κ3) is 6.87. The summed E-state index contributed by atoms with van der Waals surface area (Å²) < 4.78 is 18.8. The van der Waals surface area contributed by atoms with Crippen LogP contribution < -0.4 is 10.6 Å². The Morgan fingerprint density at radius 3 is 2.41 bits per heavy atom. The van der Waals surface area contributed by atoms with E-state index in [0.717, 1.165) is 17.7 Å². The molecule has 0 bridgehead atoms. The highest BCUT2D eigenvalue weighted by Crippen LogP contribution is 2.12. The molecule has 2 aromatic rings. The molecule has 0 aromatic heterocycles. The molecule has 0 saturated heterocycles. The number of carbonyl (C=O) groups is 1. The molecule has 0 fully saturated rings. The van der Waals surface area contributed by atoms with Crippen LogP contribution in [0.1, 0.15) is 34.0 Å². The Hall–Kier alpha value is -2.93. The number of halogens is 1. The number of nitrogens with one attached hydrogen (secondary N) is 2. The number of carbonyl (C=O) groups excluding carboxylic acids is 1. The molecule has 1 amide bonds. The Balaban J connectivity index is 2.01. The Labute approximate surface area is 171 Å². The van der Waals surface area contributed by atoms with E-state index in [2.05, 4.69) is 15.6 Å². The minimum absolute atomic E-state index is 0.0217. The fourth-order valence-corrected chi connectivity index (χ4v) is 2.71. The summed E-state index contributed by atoms with van der Waals surface area (Å²) in [5, 5.41) is 6.47. The summed E-state index contributed by atoms with van der Waals surface area (Å²) >= 11 is 0. The van der Waals surface area contributed by atoms with Crippen LogP contribution in [0.25, 0.3) is 0 Å². The smallest absolute Gasteiger partial charge is 0.253 e. The van der Waals surface area contributed by atoms with Crippen molar-refractivity contribution >= 4 is 11.9 Å². The second-order valence-corrected chi connectivity index (χ2v) is 6.80. The van der Waals surface area contributed by atoms with Gasteiger partial charge in [-0.25, -0.2) is 9.38 Å². The first-order valence-electron chi connectivity index (χ1n) is 9.53. The number of rotatable bonds is 8. The lowest BCUT2D eigenvalue weighted by molar-refractivity contribution is 0.0827. The maximum Gasteiger partial charge on any atom is 0.253 e. The summed E-state index contributed by atoms with van der Waals surface area (Å²) in [6.45, 7) is 3.94. The fourth-order valence-electron chi connectivity index (χ4n) is 2.71. The fraction of sp³-hybridized carbons (Fsp3) is 0.364. The van der Waals surface area contributed by atoms with Crippen LogP contribution in [0, 0.1) is 5.82 Å². The molecule has 0 heterocycles. The van der Waals surface area contributed by atoms with E-state index in [4.69, 9.17) is 4.74 Å². The second kappa shape index (κ2) is 11.2. The molecule has 0 aliphatic heterocycles. The van der Waals surface area contributed by atoms with Crippen LogP contribution in [0.2, 0.25) is 0 Å². The summed E-state index contributed by atoms with van der Waals surface area (Å²) in [7, 11) is 5.01. The molecule has 2 N–H and O–H groups in total. The van der Waals surface area contributed by atoms with E-state index in [-0.39, 0.29) is 18.3 Å². The van der Waals surface area contributed by atoms with E-state index in [1.807, 2.05) is 31.2 Å². The average molecular weight is 400 g/mol. The van der Waals surface area contributed by atoms with E-state index in [1.54, 1.807) is 38.2 Å². The van der Waals surface area contributed by atoms with Gasteiger partial charge in [-0.1, -0.05) is 18.2 Å². The topological polar surface area (TPSA) is 66.0 Å². The van der Waals surface area contributed by atoms with Crippen LogP contribution in [0.5, 0.6) is 0 Å². The molecule has 29 heavy (non-hydrogen) atoms. The number of benzene rings is 2. The molecule has 0 aliphatic rings. The van der Waals surface area contributed by atoms with Crippen molar-refractivity contribution in [3.8, 4) is 0 Å². The molecule has 156 valence electrons. The predicted molar refractivity (Wildman–Crippen MR) is 113 cm³/mol. The molecular formula is C22H29FN4O2. The lowest BCUT2D eigenvalue weighted by atomic mass is 10.1. The SMILES string of the molecule is CCNC(=NCc1ccc(F)c(COC)c1)NCc1ccc(C(=O)N(C)C)cc1. The summed E-state index contributed by atoms with van der Waals surface area (Å²) in [5.74, 6) is 0.367. The molecule has 0 atom stereocenters. The lowest BCUT2D eigenvalue weighted by Gasteiger charge is -2.13. The van der Waals surface area contributed by atoms with Gasteiger partial charge in [-0.15, -0.1) is 0 Å². The van der Waals surface area contributed by atoms with Gasteiger partial charge in [0, 0.05) is 45.4 Å². The Morgan fingerprint density at radius 2 is 1.79 bits per heavy atom. The van der Waals surface area contributed by atoms with E-state index < -0.39 is 0 Å². The molecule has 0 saturated carbocycles. The monoisotopic (exact) mass is 400 g/mol. The molecular weight excluding hydrogens is 371 g/mol. The zero-order valence-electron chi connectivity index (χ0n) is 17.5. The highest BCUT2D eigenvalue weighted by atomic mass is 19.1. The molecule has 6 nitrogen and oxygen atoms in total. The standard InChI is InChI=1S/C22H29FN4O2/c1-5-24-22(26-14-17-8-11-20(23)19(12-17)15-29-4)25-13-16-6-9-18(10-7-16)21(28)27(2)3/h6-12H,5,13-15H2,1-4H3,(H2,24,25,26). The van der Waals surface area contributed by atoms with Gasteiger partial charge in [-0.05, 0) is 42.3 Å². The van der Waals surface area contributed by atoms with Crippen LogP contribution >= 0.6 is 0 Å². The maximum atomic E-state index is 13.7. The summed E-state index contributed by atoms with van der Waals surface area (Å²) in [4.78, 5) is 18.1. The van der Waals surface area contributed by atoms with E-state index in [9.17, 15) is 9.18 Å². The van der Waals surface area contributed by atoms with Crippen molar-refractivity contribution in [1.82, 2.24) is 15.5 Å². The first kappa shape index (κ1) is 22.4. The van der Waals surface area contributed by atoms with Gasteiger partial charge in [0.25, 0.3) is 5.91 Å². The number of aliphatic imine (C=N–C) groups is 1. The first-order valence-corrected chi connectivity index (χ1v) is 9.53. The molecule has 2 aromatic carbocycles. The second-order valence-electron chi connectivity index (χ2n) is 6.80. The number of methoxy groups -OCH3 is 1. The van der Waals surface area contributed by atoms with Crippen molar-refractivity contribution in [3.05, 3.63) is 70.5 Å². The van der Waals surface area contributed by atoms with Gasteiger partial charge < -0.3 is 20.3 Å². The maximum absolute atomic E-state index is 13.7. The van der Waals surface area contributed by atoms with Crippen LogP contribution in [0.15, 0.2) is 47.5 Å². The van der Waals surface area contributed by atoms with Crippen LogP contribution in [-0.2, 0) is 24.4 Å². The van der Waals surface area contributed by atoms with Crippen LogP contribution in [0.3, 0.4) is 0 Å². The van der Waals surface area contributed by atoms with E-state index in [1.165, 1.54) is 6.07 Å². The van der Waals surface area contributed by atoms with Gasteiger partial charge in [0.15, 0.2) is 5.96 Å². The van der Waals surface area contributed by atoms with Gasteiger partial charge in [-0.3, -0.25) is 4.79 Å². The minimum atomic E-state index is -0.277. The Bertz CT molecular complexity index is 835. The summed E-state index contributed by atoms with van der Waals surface area (Å²) in [6, 6.07) is 12.4. The van der Waals surface area contributed by atoms with Gasteiger partial charge in [0.2, 0.25) is 0 Å². The molecule has 0 aliphatic carbocycles. The van der Waals surface area contributed by atoms with Crippen molar-refractivity contribution in [2.45, 2.75) is 26.6 Å². The average Bonchev–Trinajstić information content (AvgIpc) is 2.72. The number of hydrogen-bond acceptors (Lipinski definition) is 3. The lowest BCUT2D eigenvalue weighted by Crippen LogP contribution is -2.36. The quantitative estimate of drug-likeness (QED) is 0.528. The van der Waals surface area contributed by atoms with Crippen molar-refractivity contribution in [3.63, 3.8) is 0 Å². The van der Waals surface area contributed by atoms with E-state index >= 15 is 0 Å².